The van der Waals surface area contributed by atoms with E-state index in [1.807, 2.05) is 0 Å². The van der Waals surface area contributed by atoms with Crippen LogP contribution in [0.3, 0.4) is 0 Å². The van der Waals surface area contributed by atoms with Gasteiger partial charge >= 0.3 is 11.9 Å². The van der Waals surface area contributed by atoms with Gasteiger partial charge in [0.2, 0.25) is 23.6 Å². The summed E-state index contributed by atoms with van der Waals surface area (Å²) in [6.45, 7) is 0. The molecule has 0 aliphatic heterocycles. The second-order valence-electron chi connectivity index (χ2n) is 9.37. The molecule has 0 fully saturated rings. The number of rotatable bonds is 11. The quantitative estimate of drug-likeness (QED) is 0.0850. The van der Waals surface area contributed by atoms with Crippen LogP contribution in [-0.4, -0.2) is 80.9 Å². The first-order valence-corrected chi connectivity index (χ1v) is 17.3. The minimum atomic E-state index is -1.86. The van der Waals surface area contributed by atoms with Crippen LogP contribution in [0.25, 0.3) is 0 Å². The lowest BCUT2D eigenvalue weighted by Gasteiger charge is -2.40. The molecule has 2 rings (SSSR count). The van der Waals surface area contributed by atoms with E-state index >= 15 is 0 Å². The Labute approximate surface area is 301 Å². The number of aliphatic carboxylic acids is 2. The Morgan fingerprint density at radius 2 is 0.977 bits per heavy atom. The summed E-state index contributed by atoms with van der Waals surface area (Å²) in [6.07, 6.45) is 0.0949. The largest absolute Gasteiger partial charge is 0.478 e. The fourth-order valence-corrected chi connectivity index (χ4v) is 10.5. The van der Waals surface area contributed by atoms with Gasteiger partial charge in [0.05, 0.1) is 29.8 Å². The molecular weight excluding hydrogens is 980 g/mol. The van der Waals surface area contributed by atoms with Gasteiger partial charge in [-0.15, -0.1) is 0 Å². The number of carbonyl (C=O) groups excluding carboxylic acids is 4. The number of unbranched alkanes of at least 4 members (excludes halogenated alkanes) is 1. The standard InChI is InChI=1S/C24H26Br6N6O8/c1-33-19(39)9-13(25)11(21(41)42)17(29)23(31,15(9)27)35-7(37)5-3-4-6-8(38)36-24(32)16(28)10(20(40)34-2)14(26)12(18(24)30)22(43)44/h15-16H,3-6,31-32H2,1-2H3,(H,33,39)(H,34,40)(H,35,37)(H,36,38)(H,41,42)(H,43,44). The topological polar surface area (TPSA) is 243 Å². The Bertz CT molecular complexity index is 1340. The number of amides is 4. The fraction of sp³-hybridized carbons (Fsp3) is 0.417. The van der Waals surface area contributed by atoms with Gasteiger partial charge in [-0.05, 0) is 44.7 Å². The third-order valence-corrected chi connectivity index (χ3v) is 12.6. The van der Waals surface area contributed by atoms with Gasteiger partial charge in [0.1, 0.15) is 11.3 Å². The minimum absolute atomic E-state index is 0.0250. The predicted molar refractivity (Wildman–Crippen MR) is 181 cm³/mol. The van der Waals surface area contributed by atoms with E-state index in [0.717, 1.165) is 0 Å². The van der Waals surface area contributed by atoms with Crippen molar-refractivity contribution in [3.8, 4) is 0 Å². The molecule has 4 amide bonds. The predicted octanol–water partition coefficient (Wildman–Crippen LogP) is 1.90. The summed E-state index contributed by atoms with van der Waals surface area (Å²) in [7, 11) is 2.71. The van der Waals surface area contributed by atoms with Crippen molar-refractivity contribution in [3.63, 3.8) is 0 Å². The van der Waals surface area contributed by atoms with Crippen LogP contribution < -0.4 is 32.7 Å². The Morgan fingerprint density at radius 3 is 1.23 bits per heavy atom. The average Bonchev–Trinajstić information content (AvgIpc) is 2.93. The van der Waals surface area contributed by atoms with E-state index in [-0.39, 0.29) is 65.9 Å². The lowest BCUT2D eigenvalue weighted by Crippen LogP contribution is -2.65. The summed E-state index contributed by atoms with van der Waals surface area (Å²) in [6, 6.07) is 0. The number of carboxylic acid groups (broad SMARTS) is 2. The lowest BCUT2D eigenvalue weighted by atomic mass is 9.89. The molecule has 0 heterocycles. The smallest absolute Gasteiger partial charge is 0.337 e. The molecule has 0 bridgehead atoms. The number of alkyl halides is 2. The molecule has 4 unspecified atom stereocenters. The third kappa shape index (κ3) is 7.58. The number of likely N-dealkylation sites (N-methyl/N-ethyl adjacent to an activating group) is 2. The molecule has 14 nitrogen and oxygen atoms in total. The van der Waals surface area contributed by atoms with Gasteiger partial charge < -0.3 is 42.9 Å². The second kappa shape index (κ2) is 15.4. The van der Waals surface area contributed by atoms with Gasteiger partial charge in [-0.1, -0.05) is 63.7 Å². The van der Waals surface area contributed by atoms with Crippen LogP contribution >= 0.6 is 95.6 Å². The Morgan fingerprint density at radius 1 is 0.682 bits per heavy atom. The number of nitrogens with one attached hydrogen (secondary N) is 4. The van der Waals surface area contributed by atoms with E-state index in [0.29, 0.717) is 0 Å². The van der Waals surface area contributed by atoms with Gasteiger partial charge in [0.15, 0.2) is 0 Å². The van der Waals surface area contributed by atoms with Crippen molar-refractivity contribution in [1.29, 1.82) is 0 Å². The van der Waals surface area contributed by atoms with Crippen molar-refractivity contribution in [2.75, 3.05) is 14.1 Å². The zero-order valence-electron chi connectivity index (χ0n) is 22.7. The van der Waals surface area contributed by atoms with Crippen LogP contribution in [0.1, 0.15) is 25.7 Å². The lowest BCUT2D eigenvalue weighted by molar-refractivity contribution is -0.133. The molecule has 2 aliphatic rings. The number of carboxylic acids is 2. The zero-order valence-corrected chi connectivity index (χ0v) is 32.3. The highest BCUT2D eigenvalue weighted by Gasteiger charge is 2.50. The van der Waals surface area contributed by atoms with Crippen LogP contribution in [0.2, 0.25) is 0 Å². The molecule has 44 heavy (non-hydrogen) atoms. The Balaban J connectivity index is 2.13. The minimum Gasteiger partial charge on any atom is -0.478 e. The Hall–Kier alpha value is -1.42. The van der Waals surface area contributed by atoms with E-state index < -0.39 is 56.5 Å². The van der Waals surface area contributed by atoms with Crippen molar-refractivity contribution < 1.29 is 39.0 Å². The summed E-state index contributed by atoms with van der Waals surface area (Å²) in [5.74, 6) is -5.25. The van der Waals surface area contributed by atoms with Crippen molar-refractivity contribution in [1.82, 2.24) is 21.3 Å². The molecule has 10 N–H and O–H groups in total. The van der Waals surface area contributed by atoms with Crippen molar-refractivity contribution in [2.45, 2.75) is 46.7 Å². The van der Waals surface area contributed by atoms with Crippen LogP contribution in [0, 0.1) is 0 Å². The highest BCUT2D eigenvalue weighted by Crippen LogP contribution is 2.45. The first-order valence-electron chi connectivity index (χ1n) is 12.3. The average molecular weight is 1010 g/mol. The van der Waals surface area contributed by atoms with Gasteiger partial charge in [-0.25, -0.2) is 9.59 Å². The van der Waals surface area contributed by atoms with Crippen LogP contribution in [0.4, 0.5) is 0 Å². The number of hydrogen-bond donors (Lipinski definition) is 8. The highest BCUT2D eigenvalue weighted by molar-refractivity contribution is 9.13. The summed E-state index contributed by atoms with van der Waals surface area (Å²) < 4.78 is -0.230. The van der Waals surface area contributed by atoms with E-state index in [4.69, 9.17) is 11.5 Å². The molecule has 0 spiro atoms. The number of hydrogen-bond acceptors (Lipinski definition) is 8. The van der Waals surface area contributed by atoms with E-state index in [1.54, 1.807) is 0 Å². The highest BCUT2D eigenvalue weighted by atomic mass is 79.9. The molecule has 2 aliphatic carbocycles. The summed E-state index contributed by atoms with van der Waals surface area (Å²) in [4.78, 5) is 72.6. The molecule has 0 saturated heterocycles. The number of halogens is 6. The van der Waals surface area contributed by atoms with Crippen LogP contribution in [0.15, 0.2) is 40.2 Å². The maximum Gasteiger partial charge on any atom is 0.337 e. The first kappa shape index (κ1) is 38.8. The molecule has 0 aromatic rings. The maximum atomic E-state index is 12.9. The van der Waals surface area contributed by atoms with Crippen LogP contribution in [0.5, 0.6) is 0 Å². The second-order valence-corrected chi connectivity index (χ2v) is 14.4. The Kier molecular flexibility index (Phi) is 13.6. The molecule has 242 valence electrons. The van der Waals surface area contributed by atoms with E-state index in [9.17, 15) is 39.0 Å². The molecule has 0 radical (unpaired) electrons. The molecule has 20 heteroatoms. The van der Waals surface area contributed by atoms with Crippen LogP contribution in [-0.2, 0) is 28.8 Å². The summed E-state index contributed by atoms with van der Waals surface area (Å²) in [5, 5.41) is 29.4. The molecule has 0 saturated carbocycles. The van der Waals surface area contributed by atoms with Crippen molar-refractivity contribution >= 4 is 131 Å². The van der Waals surface area contributed by atoms with Gasteiger partial charge in [-0.3, -0.25) is 19.2 Å². The van der Waals surface area contributed by atoms with E-state index in [1.165, 1.54) is 14.1 Å². The van der Waals surface area contributed by atoms with Crippen molar-refractivity contribution in [3.05, 3.63) is 40.2 Å². The van der Waals surface area contributed by atoms with Gasteiger partial charge in [0, 0.05) is 47.0 Å². The number of nitrogens with two attached hydrogens (primary N) is 2. The molecule has 0 aromatic carbocycles. The molecule has 4 atom stereocenters. The van der Waals surface area contributed by atoms with E-state index in [2.05, 4.69) is 117 Å². The first-order chi connectivity index (χ1) is 20.3. The molecular formula is C24H26Br6N6O8. The zero-order chi connectivity index (χ0) is 33.9. The van der Waals surface area contributed by atoms with Gasteiger partial charge in [-0.2, -0.15) is 0 Å². The van der Waals surface area contributed by atoms with Gasteiger partial charge in [0.25, 0.3) is 0 Å². The fourth-order valence-electron chi connectivity index (χ4n) is 4.24. The number of carbonyl (C=O) groups is 6. The maximum absolute atomic E-state index is 12.9. The monoisotopic (exact) mass is 1000 g/mol. The van der Waals surface area contributed by atoms with Crippen molar-refractivity contribution in [2.24, 2.45) is 11.5 Å². The normalized spacial score (nSPS) is 25.5. The molecule has 0 aromatic heterocycles. The third-order valence-electron chi connectivity index (χ3n) is 6.51. The summed E-state index contributed by atoms with van der Waals surface area (Å²) >= 11 is 19.3. The summed E-state index contributed by atoms with van der Waals surface area (Å²) in [5.41, 5.74) is 8.38. The SMILES string of the molecule is CNC(=O)C1=C(Br)C(C(=O)O)=C(Br)C(N)(NC(=O)CCCCC(=O)NC2(N)C(Br)=C(C(=O)O)C(Br)=C(C(=O)NC)C2Br)C1Br.